The molecule has 0 saturated carbocycles. The molecule has 0 aliphatic rings. The molecule has 0 fully saturated rings. The average Bonchev–Trinajstić information content (AvgIpc) is 2.79. The Morgan fingerprint density at radius 2 is 1.66 bits per heavy atom. The molecule has 0 aromatic heterocycles. The molecule has 0 heterocycles. The molecule has 2 rings (SSSR count). The van der Waals surface area contributed by atoms with Gasteiger partial charge in [-0.15, -0.1) is 0 Å². The Balaban J connectivity index is 2.39. The van der Waals surface area contributed by atoms with Crippen molar-refractivity contribution in [1.82, 2.24) is 10.2 Å². The van der Waals surface area contributed by atoms with E-state index in [2.05, 4.69) is 5.32 Å². The van der Waals surface area contributed by atoms with Crippen LogP contribution in [-0.2, 0) is 32.6 Å². The molecule has 192 valence electrons. The van der Waals surface area contributed by atoms with Gasteiger partial charge in [-0.1, -0.05) is 62.2 Å². The highest BCUT2D eigenvalue weighted by Gasteiger charge is 2.30. The van der Waals surface area contributed by atoms with Gasteiger partial charge in [0, 0.05) is 23.1 Å². The van der Waals surface area contributed by atoms with Crippen molar-refractivity contribution in [3.8, 4) is 0 Å². The first kappa shape index (κ1) is 28.9. The summed E-state index contributed by atoms with van der Waals surface area (Å²) in [7, 11) is -3.78. The van der Waals surface area contributed by atoms with Gasteiger partial charge >= 0.3 is 0 Å². The number of hydrogen-bond acceptors (Lipinski definition) is 4. The second-order valence-corrected chi connectivity index (χ2v) is 11.6. The number of hydrogen-bond donors (Lipinski definition) is 1. The quantitative estimate of drug-likeness (QED) is 0.453. The second-order valence-electron chi connectivity index (χ2n) is 8.86. The van der Waals surface area contributed by atoms with Crippen molar-refractivity contribution in [1.29, 1.82) is 0 Å². The summed E-state index contributed by atoms with van der Waals surface area (Å²) in [4.78, 5) is 27.7. The van der Waals surface area contributed by atoms with Gasteiger partial charge in [0.15, 0.2) is 0 Å². The predicted molar refractivity (Wildman–Crippen MR) is 142 cm³/mol. The van der Waals surface area contributed by atoms with E-state index >= 15 is 0 Å². The fourth-order valence-electron chi connectivity index (χ4n) is 3.38. The lowest BCUT2D eigenvalue weighted by molar-refractivity contribution is -0.139. The number of sulfonamides is 1. The monoisotopic (exact) mass is 541 g/mol. The highest BCUT2D eigenvalue weighted by molar-refractivity contribution is 7.92. The molecule has 10 heteroatoms. The van der Waals surface area contributed by atoms with Crippen LogP contribution in [0.3, 0.4) is 0 Å². The first-order valence-corrected chi connectivity index (χ1v) is 14.0. The van der Waals surface area contributed by atoms with E-state index in [0.29, 0.717) is 27.8 Å². The summed E-state index contributed by atoms with van der Waals surface area (Å²) < 4.78 is 26.3. The van der Waals surface area contributed by atoms with Gasteiger partial charge in [-0.25, -0.2) is 8.42 Å². The van der Waals surface area contributed by atoms with Crippen LogP contribution >= 0.6 is 23.2 Å². The van der Waals surface area contributed by atoms with Crippen LogP contribution < -0.4 is 9.62 Å². The SMILES string of the molecule is CCc1ccc(N(CC(=O)N(Cc2ccc(Cl)cc2Cl)[C@H](C)C(=O)NCC(C)C)S(C)(=O)=O)cc1. The maximum absolute atomic E-state index is 13.5. The van der Waals surface area contributed by atoms with Gasteiger partial charge in [-0.3, -0.25) is 13.9 Å². The number of nitrogens with one attached hydrogen (secondary N) is 1. The highest BCUT2D eigenvalue weighted by Crippen LogP contribution is 2.24. The molecular weight excluding hydrogens is 509 g/mol. The van der Waals surface area contributed by atoms with Gasteiger partial charge in [0.1, 0.15) is 12.6 Å². The van der Waals surface area contributed by atoms with E-state index in [1.807, 2.05) is 32.9 Å². The van der Waals surface area contributed by atoms with Crippen LogP contribution in [0.5, 0.6) is 0 Å². The molecule has 1 atom stereocenters. The highest BCUT2D eigenvalue weighted by atomic mass is 35.5. The number of nitrogens with zero attached hydrogens (tertiary/aromatic N) is 2. The number of amides is 2. The van der Waals surface area contributed by atoms with E-state index in [0.717, 1.165) is 22.5 Å². The minimum atomic E-state index is -3.78. The molecule has 2 aromatic rings. The molecule has 0 aliphatic heterocycles. The number of aryl methyl sites for hydroxylation is 1. The standard InChI is InChI=1S/C25H33Cl2N3O4S/c1-6-19-7-11-22(12-8-19)30(35(5,33)34)16-24(31)29(18(4)25(32)28-14-17(2)3)15-20-9-10-21(26)13-23(20)27/h7-13,17-18H,6,14-16H2,1-5H3,(H,28,32)/t18-/m1/s1. The van der Waals surface area contributed by atoms with Gasteiger partial charge in [0.2, 0.25) is 21.8 Å². The normalized spacial score (nSPS) is 12.3. The van der Waals surface area contributed by atoms with Gasteiger partial charge in [0.25, 0.3) is 0 Å². The number of benzene rings is 2. The van der Waals surface area contributed by atoms with Gasteiger partial charge < -0.3 is 10.2 Å². The molecule has 0 aliphatic carbocycles. The third kappa shape index (κ3) is 8.40. The molecule has 2 aromatic carbocycles. The number of carbonyl (C=O) groups is 2. The summed E-state index contributed by atoms with van der Waals surface area (Å²) in [6, 6.07) is 11.0. The molecule has 7 nitrogen and oxygen atoms in total. The van der Waals surface area contributed by atoms with Crippen LogP contribution in [0.15, 0.2) is 42.5 Å². The van der Waals surface area contributed by atoms with E-state index in [4.69, 9.17) is 23.2 Å². The summed E-state index contributed by atoms with van der Waals surface area (Å²) in [5.74, 6) is -0.642. The smallest absolute Gasteiger partial charge is 0.244 e. The molecule has 0 saturated heterocycles. The van der Waals surface area contributed by atoms with E-state index in [1.54, 1.807) is 37.3 Å². The lowest BCUT2D eigenvalue weighted by atomic mass is 10.1. The van der Waals surface area contributed by atoms with Crippen molar-refractivity contribution < 1.29 is 18.0 Å². The lowest BCUT2D eigenvalue weighted by Gasteiger charge is -2.32. The van der Waals surface area contributed by atoms with Crippen LogP contribution in [0.1, 0.15) is 38.8 Å². The minimum Gasteiger partial charge on any atom is -0.354 e. The number of rotatable bonds is 11. The Morgan fingerprint density at radius 1 is 1.03 bits per heavy atom. The Morgan fingerprint density at radius 3 is 2.17 bits per heavy atom. The van der Waals surface area contributed by atoms with Gasteiger partial charge in [0.05, 0.1) is 11.9 Å². The third-order valence-corrected chi connectivity index (χ3v) is 7.25. The van der Waals surface area contributed by atoms with Crippen LogP contribution in [-0.4, -0.2) is 50.5 Å². The summed E-state index contributed by atoms with van der Waals surface area (Å²) in [6.45, 7) is 7.54. The zero-order chi connectivity index (χ0) is 26.3. The minimum absolute atomic E-state index is 0.0114. The van der Waals surface area contributed by atoms with Gasteiger partial charge in [-0.2, -0.15) is 0 Å². The number of carbonyl (C=O) groups excluding carboxylic acids is 2. The van der Waals surface area contributed by atoms with Crippen LogP contribution in [0.2, 0.25) is 10.0 Å². The third-order valence-electron chi connectivity index (χ3n) is 5.52. The lowest BCUT2D eigenvalue weighted by Crippen LogP contribution is -2.51. The van der Waals surface area contributed by atoms with E-state index < -0.39 is 28.5 Å². The summed E-state index contributed by atoms with van der Waals surface area (Å²) >= 11 is 12.3. The maximum Gasteiger partial charge on any atom is 0.244 e. The Labute approximate surface area is 218 Å². The van der Waals surface area contributed by atoms with Crippen LogP contribution in [0.4, 0.5) is 5.69 Å². The van der Waals surface area contributed by atoms with E-state index in [1.165, 1.54) is 4.90 Å². The molecule has 0 radical (unpaired) electrons. The average molecular weight is 543 g/mol. The van der Waals surface area contributed by atoms with Gasteiger partial charge in [-0.05, 0) is 54.7 Å². The Kier molecular flexibility index (Phi) is 10.4. The van der Waals surface area contributed by atoms with Crippen LogP contribution in [0.25, 0.3) is 0 Å². The van der Waals surface area contributed by atoms with Crippen LogP contribution in [0, 0.1) is 5.92 Å². The molecular formula is C25H33Cl2N3O4S. The molecule has 0 spiro atoms. The Bertz CT molecular complexity index is 1140. The molecule has 1 N–H and O–H groups in total. The van der Waals surface area contributed by atoms with E-state index in [9.17, 15) is 18.0 Å². The summed E-state index contributed by atoms with van der Waals surface area (Å²) in [5.41, 5.74) is 2.01. The zero-order valence-electron chi connectivity index (χ0n) is 20.7. The van der Waals surface area contributed by atoms with Crippen molar-refractivity contribution >= 4 is 50.7 Å². The molecule has 0 unspecified atom stereocenters. The van der Waals surface area contributed by atoms with Crippen molar-refractivity contribution in [2.75, 3.05) is 23.7 Å². The van der Waals surface area contributed by atoms with Crippen molar-refractivity contribution in [2.45, 2.75) is 46.7 Å². The maximum atomic E-state index is 13.5. The topological polar surface area (TPSA) is 86.8 Å². The van der Waals surface area contributed by atoms with Crippen molar-refractivity contribution in [3.63, 3.8) is 0 Å². The predicted octanol–water partition coefficient (Wildman–Crippen LogP) is 4.51. The van der Waals surface area contributed by atoms with E-state index in [-0.39, 0.29) is 18.4 Å². The van der Waals surface area contributed by atoms with Crippen molar-refractivity contribution in [3.05, 3.63) is 63.6 Å². The Hall–Kier alpha value is -2.29. The van der Waals surface area contributed by atoms with Crippen molar-refractivity contribution in [2.24, 2.45) is 5.92 Å². The molecule has 2 amide bonds. The first-order valence-electron chi connectivity index (χ1n) is 11.4. The summed E-state index contributed by atoms with van der Waals surface area (Å²) in [6.07, 6.45) is 1.85. The first-order chi connectivity index (χ1) is 16.3. The summed E-state index contributed by atoms with van der Waals surface area (Å²) in [5, 5.41) is 3.63. The molecule has 35 heavy (non-hydrogen) atoms. The fourth-order valence-corrected chi connectivity index (χ4v) is 4.70. The largest absolute Gasteiger partial charge is 0.354 e. The number of halogens is 2. The number of anilines is 1. The second kappa shape index (κ2) is 12.6. The zero-order valence-corrected chi connectivity index (χ0v) is 23.0. The molecule has 0 bridgehead atoms. The fraction of sp³-hybridized carbons (Fsp3) is 0.440.